The predicted octanol–water partition coefficient (Wildman–Crippen LogP) is 3.49. The number of nitrogens with one attached hydrogen (secondary N) is 1. The van der Waals surface area contributed by atoms with Crippen molar-refractivity contribution >= 4 is 37.1 Å². The van der Waals surface area contributed by atoms with Gasteiger partial charge in [-0.25, -0.2) is 9.80 Å². The number of hydrogen-bond acceptors (Lipinski definition) is 15. The second kappa shape index (κ2) is 18.8. The second-order valence-corrected chi connectivity index (χ2v) is 17.7. The van der Waals surface area contributed by atoms with Crippen LogP contribution in [0.25, 0.3) is 0 Å². The molecular formula is C37H64N3O14P. The molecule has 316 valence electrons. The van der Waals surface area contributed by atoms with Gasteiger partial charge in [0, 0.05) is 30.9 Å². The minimum Gasteiger partial charge on any atom is -0.457 e. The zero-order valence-corrected chi connectivity index (χ0v) is 35.6. The lowest BCUT2D eigenvalue weighted by atomic mass is 9.73. The van der Waals surface area contributed by atoms with Gasteiger partial charge in [-0.15, -0.1) is 0 Å². The van der Waals surface area contributed by atoms with E-state index in [1.54, 1.807) is 48.5 Å². The number of methoxy groups -OCH3 is 1. The molecule has 3 aliphatic heterocycles. The van der Waals surface area contributed by atoms with Gasteiger partial charge in [0.05, 0.1) is 31.0 Å². The molecule has 0 aromatic carbocycles. The van der Waals surface area contributed by atoms with Crippen molar-refractivity contribution in [1.29, 1.82) is 0 Å². The standard InChI is InChI=1S/C37H64N3O14P/c1-14-26-37(10)31(40(35(46)54-37)38-27(41)19-55(47,49-15-2)50-16-3)22(6)28(42)20(4)18-36(9,48-13)32(23(7)29(43)24(8)33(45)52-26)53-34-30(44)25(39(11)12)17-21(5)51-34/h20-26,30-32,34,44H,14-19H2,1-13H3,(H,38,41)/t20-,21-,22-,23+,24-,25+,26+,30-,31-,32-,34+,36-,37-/m1/s1. The van der Waals surface area contributed by atoms with E-state index >= 15 is 0 Å². The summed E-state index contributed by atoms with van der Waals surface area (Å²) < 4.78 is 54.3. The van der Waals surface area contributed by atoms with Crippen LogP contribution in [0.1, 0.15) is 88.5 Å². The lowest BCUT2D eigenvalue weighted by molar-refractivity contribution is -0.295. The first-order chi connectivity index (χ1) is 25.5. The van der Waals surface area contributed by atoms with E-state index in [0.717, 1.165) is 5.01 Å². The van der Waals surface area contributed by atoms with Gasteiger partial charge >= 0.3 is 19.7 Å². The Balaban J connectivity index is 2.13. The number of cyclic esters (lactones) is 1. The minimum absolute atomic E-state index is 0.0000370. The summed E-state index contributed by atoms with van der Waals surface area (Å²) in [5.74, 6) is -6.95. The molecule has 18 heteroatoms. The SMILES string of the molecule is CCOP(=O)(CC(=O)NN1C(=O)O[C@]2(C)[C@H](CC)OC(=O)[C@H](C)C(=O)[C@H](C)[C@@H](O[C@@H]3O[C@H](C)C[C@H](N(C)C)[C@H]3O)[C@](C)(OC)C[C@@H](C)C(=O)[C@@H](C)[C@@H]12)OCC. The Morgan fingerprint density at radius 1 is 1.00 bits per heavy atom. The number of likely N-dealkylation sites (N-methyl/N-ethyl adjacent to an activating group) is 1. The molecule has 0 spiro atoms. The first-order valence-corrected chi connectivity index (χ1v) is 21.0. The molecule has 13 atom stereocenters. The number of aliphatic hydroxyl groups excluding tert-OH is 1. The highest BCUT2D eigenvalue weighted by Gasteiger charge is 2.61. The molecule has 3 saturated heterocycles. The molecule has 3 heterocycles. The number of fused-ring (bicyclic) bond motifs is 1. The number of ketones is 2. The van der Waals surface area contributed by atoms with Crippen molar-refractivity contribution in [1.82, 2.24) is 15.3 Å². The van der Waals surface area contributed by atoms with Crippen LogP contribution in [-0.4, -0.2) is 139 Å². The van der Waals surface area contributed by atoms with E-state index in [1.165, 1.54) is 21.0 Å². The lowest BCUT2D eigenvalue weighted by Gasteiger charge is -2.47. The molecular weight excluding hydrogens is 741 g/mol. The van der Waals surface area contributed by atoms with Gasteiger partial charge in [0.25, 0.3) is 5.91 Å². The van der Waals surface area contributed by atoms with Gasteiger partial charge in [-0.3, -0.25) is 29.2 Å². The highest BCUT2D eigenvalue weighted by atomic mass is 31.2. The van der Waals surface area contributed by atoms with Crippen LogP contribution >= 0.6 is 7.60 Å². The molecule has 0 aliphatic carbocycles. The Labute approximate surface area is 325 Å². The van der Waals surface area contributed by atoms with Gasteiger partial charge in [0.2, 0.25) is 0 Å². The summed E-state index contributed by atoms with van der Waals surface area (Å²) in [6, 6.07) is -1.58. The van der Waals surface area contributed by atoms with Crippen LogP contribution in [0.15, 0.2) is 0 Å². The van der Waals surface area contributed by atoms with Gasteiger partial charge in [0.15, 0.2) is 17.7 Å². The van der Waals surface area contributed by atoms with Crippen molar-refractivity contribution in [3.63, 3.8) is 0 Å². The number of Topliss-reactive ketones (excluding diaryl/α,β-unsaturated/α-hetero) is 2. The van der Waals surface area contributed by atoms with Gasteiger partial charge in [-0.05, 0) is 74.9 Å². The third-order valence-electron chi connectivity index (χ3n) is 11.3. The number of aliphatic hydroxyl groups is 1. The Hall–Kier alpha value is -2.50. The Bertz CT molecular complexity index is 1440. The zero-order chi connectivity index (χ0) is 41.8. The van der Waals surface area contributed by atoms with E-state index < -0.39 is 103 Å². The van der Waals surface area contributed by atoms with Crippen molar-refractivity contribution in [3.8, 4) is 0 Å². The predicted molar refractivity (Wildman–Crippen MR) is 199 cm³/mol. The average Bonchev–Trinajstić information content (AvgIpc) is 3.36. The topological polar surface area (TPSA) is 206 Å². The van der Waals surface area contributed by atoms with Crippen LogP contribution in [0, 0.1) is 23.7 Å². The summed E-state index contributed by atoms with van der Waals surface area (Å²) in [4.78, 5) is 71.6. The molecule has 17 nitrogen and oxygen atoms in total. The monoisotopic (exact) mass is 805 g/mol. The summed E-state index contributed by atoms with van der Waals surface area (Å²) in [6.07, 6.45) is -6.05. The number of rotatable bonds is 12. The van der Waals surface area contributed by atoms with Crippen LogP contribution in [0.4, 0.5) is 4.79 Å². The number of nitrogens with zero attached hydrogens (tertiary/aromatic N) is 2. The maximum Gasteiger partial charge on any atom is 0.429 e. The quantitative estimate of drug-likeness (QED) is 0.165. The summed E-state index contributed by atoms with van der Waals surface area (Å²) in [7, 11) is 1.19. The summed E-state index contributed by atoms with van der Waals surface area (Å²) in [5.41, 5.74) is -0.630. The molecule has 3 rings (SSSR count). The average molecular weight is 806 g/mol. The number of esters is 1. The number of carbonyl (C=O) groups is 5. The molecule has 55 heavy (non-hydrogen) atoms. The van der Waals surface area contributed by atoms with Crippen molar-refractivity contribution < 1.29 is 66.4 Å². The molecule has 2 N–H and O–H groups in total. The maximum atomic E-state index is 14.6. The number of hydrazine groups is 1. The number of hydrogen-bond donors (Lipinski definition) is 2. The summed E-state index contributed by atoms with van der Waals surface area (Å²) in [5, 5.41) is 12.3. The lowest BCUT2D eigenvalue weighted by Crippen LogP contribution is -2.62. The number of ether oxygens (including phenoxy) is 5. The van der Waals surface area contributed by atoms with E-state index in [1.807, 2.05) is 25.9 Å². The zero-order valence-electron chi connectivity index (χ0n) is 34.7. The van der Waals surface area contributed by atoms with E-state index in [4.69, 9.17) is 32.7 Å². The maximum absolute atomic E-state index is 14.6. The number of amides is 2. The van der Waals surface area contributed by atoms with Crippen molar-refractivity contribution in [2.24, 2.45) is 23.7 Å². The summed E-state index contributed by atoms with van der Waals surface area (Å²) in [6.45, 7) is 16.2. The van der Waals surface area contributed by atoms with Crippen LogP contribution in [0.5, 0.6) is 0 Å². The first kappa shape index (κ1) is 46.9. The molecule has 0 radical (unpaired) electrons. The molecule has 3 aliphatic rings. The smallest absolute Gasteiger partial charge is 0.429 e. The molecule has 0 saturated carbocycles. The highest BCUT2D eigenvalue weighted by molar-refractivity contribution is 7.54. The molecule has 0 aromatic rings. The molecule has 2 amide bonds. The van der Waals surface area contributed by atoms with Crippen LogP contribution in [0.3, 0.4) is 0 Å². The van der Waals surface area contributed by atoms with Gasteiger partial charge in [-0.1, -0.05) is 27.7 Å². The van der Waals surface area contributed by atoms with Crippen molar-refractivity contribution in [2.75, 3.05) is 40.6 Å². The Kier molecular flexibility index (Phi) is 16.1. The van der Waals surface area contributed by atoms with Gasteiger partial charge in [0.1, 0.15) is 36.1 Å². The first-order valence-electron chi connectivity index (χ1n) is 19.2. The van der Waals surface area contributed by atoms with E-state index in [9.17, 15) is 33.6 Å². The minimum atomic E-state index is -3.90. The molecule has 0 bridgehead atoms. The van der Waals surface area contributed by atoms with Gasteiger partial charge < -0.3 is 42.7 Å². The number of carbonyl (C=O) groups excluding carboxylic acids is 5. The van der Waals surface area contributed by atoms with Crippen LogP contribution in [0.2, 0.25) is 0 Å². The van der Waals surface area contributed by atoms with E-state index in [2.05, 4.69) is 5.43 Å². The van der Waals surface area contributed by atoms with Crippen LogP contribution in [-0.2, 0) is 56.5 Å². The van der Waals surface area contributed by atoms with Crippen LogP contribution < -0.4 is 5.43 Å². The third kappa shape index (κ3) is 10.2. The normalized spacial score (nSPS) is 38.3. The van der Waals surface area contributed by atoms with Gasteiger partial charge in [-0.2, -0.15) is 0 Å². The Morgan fingerprint density at radius 3 is 2.13 bits per heavy atom. The fourth-order valence-corrected chi connectivity index (χ4v) is 9.82. The van der Waals surface area contributed by atoms with Crippen molar-refractivity contribution in [2.45, 2.75) is 142 Å². The van der Waals surface area contributed by atoms with E-state index in [-0.39, 0.29) is 44.0 Å². The van der Waals surface area contributed by atoms with E-state index in [0.29, 0.717) is 6.42 Å². The van der Waals surface area contributed by atoms with Crippen molar-refractivity contribution in [3.05, 3.63) is 0 Å². The largest absolute Gasteiger partial charge is 0.457 e. The second-order valence-electron chi connectivity index (χ2n) is 15.7. The fraction of sp³-hybridized carbons (Fsp3) is 0.865. The fourth-order valence-electron chi connectivity index (χ4n) is 8.35. The Morgan fingerprint density at radius 2 is 1.60 bits per heavy atom. The highest BCUT2D eigenvalue weighted by Crippen LogP contribution is 2.48. The third-order valence-corrected chi connectivity index (χ3v) is 13.3. The molecule has 3 fully saturated rings. The summed E-state index contributed by atoms with van der Waals surface area (Å²) >= 11 is 0. The molecule has 0 aromatic heterocycles. The molecule has 0 unspecified atom stereocenters.